The summed E-state index contributed by atoms with van der Waals surface area (Å²) in [5, 5.41) is 3.45. The zero-order chi connectivity index (χ0) is 23.8. The highest BCUT2D eigenvalue weighted by atomic mass is 35.5. The van der Waals surface area contributed by atoms with Crippen LogP contribution in [0.15, 0.2) is 41.3 Å². The molecule has 1 fully saturated rings. The van der Waals surface area contributed by atoms with Crippen molar-refractivity contribution in [1.82, 2.24) is 9.62 Å². The van der Waals surface area contributed by atoms with E-state index in [2.05, 4.69) is 5.32 Å². The Morgan fingerprint density at radius 1 is 1.12 bits per heavy atom. The van der Waals surface area contributed by atoms with Crippen LogP contribution in [-0.2, 0) is 21.2 Å². The normalized spacial score (nSPS) is 14.6. The number of sulfonamides is 1. The predicted octanol–water partition coefficient (Wildman–Crippen LogP) is 3.96. The van der Waals surface area contributed by atoms with E-state index in [0.717, 1.165) is 24.8 Å². The lowest BCUT2D eigenvalue weighted by Crippen LogP contribution is -2.35. The second kappa shape index (κ2) is 11.7. The number of halogens is 1. The average Bonchev–Trinajstić information content (AvgIpc) is 2.83. The van der Waals surface area contributed by atoms with Crippen molar-refractivity contribution in [3.63, 3.8) is 0 Å². The second-order valence-electron chi connectivity index (χ2n) is 8.05. The van der Waals surface area contributed by atoms with Gasteiger partial charge >= 0.3 is 0 Å². The Balaban J connectivity index is 1.53. The van der Waals surface area contributed by atoms with Crippen molar-refractivity contribution in [2.45, 2.75) is 43.9 Å². The quantitative estimate of drug-likeness (QED) is 0.505. The third kappa shape index (κ3) is 6.85. The maximum Gasteiger partial charge on any atom is 0.243 e. The Bertz CT molecular complexity index is 1070. The van der Waals surface area contributed by atoms with Crippen LogP contribution in [0.4, 0.5) is 0 Å². The first-order valence-electron chi connectivity index (χ1n) is 11.1. The first-order valence-corrected chi connectivity index (χ1v) is 13.0. The summed E-state index contributed by atoms with van der Waals surface area (Å²) in [7, 11) is -2.01. The number of hydrogen-bond donors (Lipinski definition) is 1. The number of carbonyl (C=O) groups is 1. The van der Waals surface area contributed by atoms with Crippen molar-refractivity contribution >= 4 is 27.5 Å². The van der Waals surface area contributed by atoms with Crippen molar-refractivity contribution in [3.8, 4) is 11.5 Å². The van der Waals surface area contributed by atoms with E-state index in [4.69, 9.17) is 21.1 Å². The molecule has 0 atom stereocenters. The van der Waals surface area contributed by atoms with E-state index in [-0.39, 0.29) is 17.2 Å². The molecular weight excluding hydrogens is 464 g/mol. The number of aryl methyl sites for hydroxylation is 2. The molecule has 1 N–H and O–H groups in total. The van der Waals surface area contributed by atoms with Crippen LogP contribution in [0, 0.1) is 6.92 Å². The summed E-state index contributed by atoms with van der Waals surface area (Å²) in [5.74, 6) is 1.07. The molecule has 1 saturated heterocycles. The SMILES string of the molecule is COc1ccc(S(=O)(=O)N2CCCCC2)cc1CCC(=O)NCCOc1ccc(C)c(Cl)c1. The molecule has 180 valence electrons. The molecule has 0 bridgehead atoms. The molecule has 9 heteroatoms. The Morgan fingerprint density at radius 3 is 2.58 bits per heavy atom. The molecule has 0 saturated carbocycles. The maximum atomic E-state index is 13.0. The van der Waals surface area contributed by atoms with Gasteiger partial charge in [0.25, 0.3) is 0 Å². The van der Waals surface area contributed by atoms with E-state index >= 15 is 0 Å². The predicted molar refractivity (Wildman–Crippen MR) is 129 cm³/mol. The van der Waals surface area contributed by atoms with E-state index in [1.807, 2.05) is 19.1 Å². The smallest absolute Gasteiger partial charge is 0.243 e. The average molecular weight is 495 g/mol. The number of hydrogen-bond acceptors (Lipinski definition) is 5. The molecule has 0 unspecified atom stereocenters. The molecule has 2 aromatic rings. The molecule has 0 aliphatic carbocycles. The third-order valence-electron chi connectivity index (χ3n) is 5.66. The zero-order valence-corrected chi connectivity index (χ0v) is 20.7. The van der Waals surface area contributed by atoms with Gasteiger partial charge in [-0.05, 0) is 67.6 Å². The van der Waals surface area contributed by atoms with Crippen molar-refractivity contribution < 1.29 is 22.7 Å². The summed E-state index contributed by atoms with van der Waals surface area (Å²) in [6.45, 7) is 3.68. The fraction of sp³-hybridized carbons (Fsp3) is 0.458. The van der Waals surface area contributed by atoms with Crippen molar-refractivity contribution in [3.05, 3.63) is 52.5 Å². The van der Waals surface area contributed by atoms with Gasteiger partial charge in [0.1, 0.15) is 18.1 Å². The van der Waals surface area contributed by atoms with Gasteiger partial charge in [-0.1, -0.05) is 24.1 Å². The maximum absolute atomic E-state index is 13.0. The number of rotatable bonds is 10. The lowest BCUT2D eigenvalue weighted by Gasteiger charge is -2.26. The highest BCUT2D eigenvalue weighted by Gasteiger charge is 2.26. The van der Waals surface area contributed by atoms with Crippen LogP contribution in [0.2, 0.25) is 5.02 Å². The molecule has 1 aliphatic rings. The molecule has 1 heterocycles. The number of carbonyl (C=O) groups excluding carboxylic acids is 1. The van der Waals surface area contributed by atoms with Crippen molar-refractivity contribution in [1.29, 1.82) is 0 Å². The minimum atomic E-state index is -3.55. The van der Waals surface area contributed by atoms with E-state index in [1.54, 1.807) is 24.3 Å². The van der Waals surface area contributed by atoms with Gasteiger partial charge in [-0.15, -0.1) is 0 Å². The largest absolute Gasteiger partial charge is 0.496 e. The van der Waals surface area contributed by atoms with Gasteiger partial charge in [-0.3, -0.25) is 4.79 Å². The number of amides is 1. The molecule has 1 aliphatic heterocycles. The lowest BCUT2D eigenvalue weighted by atomic mass is 10.1. The Hall–Kier alpha value is -2.29. The summed E-state index contributed by atoms with van der Waals surface area (Å²) in [6.07, 6.45) is 3.39. The van der Waals surface area contributed by atoms with Crippen LogP contribution in [-0.4, -0.2) is 52.0 Å². The first kappa shape index (κ1) is 25.3. The van der Waals surface area contributed by atoms with Gasteiger partial charge in [0.15, 0.2) is 0 Å². The standard InChI is InChI=1S/C24H31ClN2O5S/c1-18-6-8-20(17-22(18)25)32-15-12-26-24(28)11-7-19-16-21(9-10-23(19)31-2)33(29,30)27-13-4-3-5-14-27/h6,8-10,16-17H,3-5,7,11-15H2,1-2H3,(H,26,28). The second-order valence-corrected chi connectivity index (χ2v) is 10.4. The van der Waals surface area contributed by atoms with Crippen molar-refractivity contribution in [2.75, 3.05) is 33.4 Å². The van der Waals surface area contributed by atoms with Gasteiger partial charge in [-0.2, -0.15) is 4.31 Å². The molecule has 7 nitrogen and oxygen atoms in total. The van der Waals surface area contributed by atoms with Crippen molar-refractivity contribution in [2.24, 2.45) is 0 Å². The first-order chi connectivity index (χ1) is 15.8. The topological polar surface area (TPSA) is 84.9 Å². The molecule has 1 amide bonds. The Kier molecular flexibility index (Phi) is 9.00. The number of methoxy groups -OCH3 is 1. The minimum absolute atomic E-state index is 0.146. The Labute approximate surface area is 201 Å². The summed E-state index contributed by atoms with van der Waals surface area (Å²) in [5.41, 5.74) is 1.66. The summed E-state index contributed by atoms with van der Waals surface area (Å²) < 4.78 is 38.5. The molecule has 0 spiro atoms. The van der Waals surface area contributed by atoms with Gasteiger partial charge in [-0.25, -0.2) is 8.42 Å². The monoisotopic (exact) mass is 494 g/mol. The van der Waals surface area contributed by atoms with Crippen LogP contribution in [0.5, 0.6) is 11.5 Å². The number of ether oxygens (including phenoxy) is 2. The van der Waals surface area contributed by atoms with Crippen LogP contribution >= 0.6 is 11.6 Å². The lowest BCUT2D eigenvalue weighted by molar-refractivity contribution is -0.121. The van der Waals surface area contributed by atoms with Gasteiger partial charge in [0.05, 0.1) is 18.6 Å². The molecule has 0 radical (unpaired) electrons. The fourth-order valence-electron chi connectivity index (χ4n) is 3.72. The van der Waals surface area contributed by atoms with Crippen LogP contribution < -0.4 is 14.8 Å². The minimum Gasteiger partial charge on any atom is -0.496 e. The Morgan fingerprint density at radius 2 is 1.88 bits per heavy atom. The number of piperidine rings is 1. The summed E-state index contributed by atoms with van der Waals surface area (Å²) >= 11 is 6.08. The van der Waals surface area contributed by atoms with Crippen LogP contribution in [0.1, 0.15) is 36.8 Å². The van der Waals surface area contributed by atoms with Gasteiger partial charge in [0, 0.05) is 24.5 Å². The molecule has 33 heavy (non-hydrogen) atoms. The van der Waals surface area contributed by atoms with Gasteiger partial charge in [0.2, 0.25) is 15.9 Å². The molecule has 2 aromatic carbocycles. The highest BCUT2D eigenvalue weighted by molar-refractivity contribution is 7.89. The molecular formula is C24H31ClN2O5S. The van der Waals surface area contributed by atoms with Gasteiger partial charge < -0.3 is 14.8 Å². The number of nitrogens with zero attached hydrogens (tertiary/aromatic N) is 1. The number of benzene rings is 2. The third-order valence-corrected chi connectivity index (χ3v) is 7.96. The molecule has 0 aromatic heterocycles. The van der Waals surface area contributed by atoms with Crippen LogP contribution in [0.25, 0.3) is 0 Å². The van der Waals surface area contributed by atoms with E-state index in [1.165, 1.54) is 11.4 Å². The van der Waals surface area contributed by atoms with E-state index < -0.39 is 10.0 Å². The highest BCUT2D eigenvalue weighted by Crippen LogP contribution is 2.27. The van der Waals surface area contributed by atoms with E-state index in [9.17, 15) is 13.2 Å². The number of nitrogens with one attached hydrogen (secondary N) is 1. The van der Waals surface area contributed by atoms with Crippen LogP contribution in [0.3, 0.4) is 0 Å². The zero-order valence-electron chi connectivity index (χ0n) is 19.1. The fourth-order valence-corrected chi connectivity index (χ4v) is 5.46. The molecule has 3 rings (SSSR count). The summed E-state index contributed by atoms with van der Waals surface area (Å²) in [4.78, 5) is 12.5. The van der Waals surface area contributed by atoms with E-state index in [0.29, 0.717) is 54.7 Å². The summed E-state index contributed by atoms with van der Waals surface area (Å²) in [6, 6.07) is 10.3.